The number of aromatic nitrogens is 2. The summed E-state index contributed by atoms with van der Waals surface area (Å²) in [5.74, 6) is 2.24. The molecule has 136 valence electrons. The molecule has 0 unspecified atom stereocenters. The number of nitrogens with zero attached hydrogens (tertiary/aromatic N) is 3. The second-order valence-electron chi connectivity index (χ2n) is 7.31. The van der Waals surface area contributed by atoms with Crippen LogP contribution >= 0.6 is 0 Å². The molecule has 1 N–H and O–H groups in total. The van der Waals surface area contributed by atoms with Gasteiger partial charge in [0.1, 0.15) is 5.69 Å². The molecule has 0 radical (unpaired) electrons. The largest absolute Gasteiger partial charge is 0.477 e. The Labute approximate surface area is 158 Å². The van der Waals surface area contributed by atoms with Crippen LogP contribution in [0.5, 0.6) is 5.88 Å². The van der Waals surface area contributed by atoms with Crippen LogP contribution in [0, 0.1) is 5.92 Å². The van der Waals surface area contributed by atoms with Crippen molar-refractivity contribution >= 4 is 22.3 Å². The minimum atomic E-state index is 0.677. The zero-order valence-electron chi connectivity index (χ0n) is 15.2. The molecular weight excluding hydrogens is 336 g/mol. The molecule has 2 aliphatic rings. The molecule has 1 saturated carbocycles. The lowest BCUT2D eigenvalue weighted by molar-refractivity contribution is 0.246. The quantitative estimate of drug-likeness (QED) is 0.742. The molecule has 1 fully saturated rings. The number of pyridine rings is 2. The van der Waals surface area contributed by atoms with E-state index in [1.54, 1.807) is 6.20 Å². The molecule has 5 nitrogen and oxygen atoms in total. The van der Waals surface area contributed by atoms with E-state index in [0.29, 0.717) is 12.5 Å². The summed E-state index contributed by atoms with van der Waals surface area (Å²) in [6, 6.07) is 12.3. The van der Waals surface area contributed by atoms with E-state index in [4.69, 9.17) is 4.74 Å². The third-order valence-corrected chi connectivity index (χ3v) is 5.44. The lowest BCUT2D eigenvalue weighted by Gasteiger charge is -2.13. The van der Waals surface area contributed by atoms with Crippen LogP contribution in [-0.2, 0) is 6.54 Å². The van der Waals surface area contributed by atoms with Crippen molar-refractivity contribution < 1.29 is 4.74 Å². The van der Waals surface area contributed by atoms with Gasteiger partial charge in [-0.05, 0) is 54.5 Å². The Morgan fingerprint density at radius 1 is 1.04 bits per heavy atom. The van der Waals surface area contributed by atoms with E-state index in [-0.39, 0.29) is 0 Å². The lowest BCUT2D eigenvalue weighted by Crippen LogP contribution is -2.13. The van der Waals surface area contributed by atoms with Crippen LogP contribution in [0.4, 0.5) is 5.69 Å². The molecular formula is C22H22N4O. The molecule has 3 heterocycles. The van der Waals surface area contributed by atoms with Crippen molar-refractivity contribution in [3.63, 3.8) is 0 Å². The van der Waals surface area contributed by atoms with Gasteiger partial charge in [-0.3, -0.25) is 9.98 Å². The Morgan fingerprint density at radius 3 is 2.89 bits per heavy atom. The van der Waals surface area contributed by atoms with Gasteiger partial charge in [0.2, 0.25) is 5.88 Å². The van der Waals surface area contributed by atoms with Crippen LogP contribution in [0.25, 0.3) is 10.8 Å². The normalized spacial score (nSPS) is 16.4. The van der Waals surface area contributed by atoms with Crippen molar-refractivity contribution in [3.05, 3.63) is 60.0 Å². The average Bonchev–Trinajstić information content (AvgIpc) is 3.36. The Bertz CT molecular complexity index is 1010. The third kappa shape index (κ3) is 3.25. The highest BCUT2D eigenvalue weighted by atomic mass is 16.5. The molecule has 3 aromatic rings. The molecule has 0 atom stereocenters. The van der Waals surface area contributed by atoms with Crippen molar-refractivity contribution in [2.45, 2.75) is 32.2 Å². The summed E-state index contributed by atoms with van der Waals surface area (Å²) in [7, 11) is 0. The van der Waals surface area contributed by atoms with Crippen molar-refractivity contribution in [1.82, 2.24) is 9.97 Å². The molecule has 2 aromatic heterocycles. The van der Waals surface area contributed by atoms with Gasteiger partial charge in [-0.15, -0.1) is 0 Å². The molecule has 27 heavy (non-hydrogen) atoms. The fourth-order valence-corrected chi connectivity index (χ4v) is 3.97. The number of nitrogens with one attached hydrogen (secondary N) is 1. The molecule has 1 aliphatic carbocycles. The first kappa shape index (κ1) is 16.2. The van der Waals surface area contributed by atoms with Gasteiger partial charge < -0.3 is 10.1 Å². The molecule has 5 rings (SSSR count). The zero-order valence-corrected chi connectivity index (χ0v) is 15.2. The lowest BCUT2D eigenvalue weighted by atomic mass is 10.1. The molecule has 0 spiro atoms. The number of hydrogen-bond donors (Lipinski definition) is 1. The van der Waals surface area contributed by atoms with Crippen molar-refractivity contribution in [2.24, 2.45) is 10.9 Å². The minimum absolute atomic E-state index is 0.677. The summed E-state index contributed by atoms with van der Waals surface area (Å²) in [4.78, 5) is 13.5. The number of fused-ring (bicyclic) bond motifs is 2. The number of hydrogen-bond acceptors (Lipinski definition) is 5. The van der Waals surface area contributed by atoms with Gasteiger partial charge in [0, 0.05) is 29.0 Å². The topological polar surface area (TPSA) is 59.4 Å². The van der Waals surface area contributed by atoms with Crippen LogP contribution in [0.3, 0.4) is 0 Å². The predicted octanol–water partition coefficient (Wildman–Crippen LogP) is 4.57. The fraction of sp³-hybridized carbons (Fsp3) is 0.318. The van der Waals surface area contributed by atoms with Crippen molar-refractivity contribution in [2.75, 3.05) is 11.9 Å². The Kier molecular flexibility index (Phi) is 4.20. The number of ether oxygens (including phenoxy) is 1. The van der Waals surface area contributed by atoms with E-state index in [0.717, 1.165) is 46.0 Å². The minimum Gasteiger partial charge on any atom is -0.477 e. The molecule has 1 aromatic carbocycles. The molecule has 5 heteroatoms. The van der Waals surface area contributed by atoms with E-state index < -0.39 is 0 Å². The van der Waals surface area contributed by atoms with Crippen LogP contribution in [-0.4, -0.2) is 22.4 Å². The van der Waals surface area contributed by atoms with Crippen molar-refractivity contribution in [1.29, 1.82) is 0 Å². The summed E-state index contributed by atoms with van der Waals surface area (Å²) >= 11 is 0. The highest BCUT2D eigenvalue weighted by Crippen LogP contribution is 2.29. The summed E-state index contributed by atoms with van der Waals surface area (Å²) in [5.41, 5.74) is 3.09. The Balaban J connectivity index is 1.36. The second kappa shape index (κ2) is 6.99. The highest BCUT2D eigenvalue weighted by Gasteiger charge is 2.18. The van der Waals surface area contributed by atoms with Crippen LogP contribution in [0.2, 0.25) is 0 Å². The van der Waals surface area contributed by atoms with E-state index >= 15 is 0 Å². The average molecular weight is 358 g/mol. The van der Waals surface area contributed by atoms with Crippen LogP contribution in [0.1, 0.15) is 36.9 Å². The third-order valence-electron chi connectivity index (χ3n) is 5.44. The SMILES string of the molecule is c1cnc2c(c1)CN=C2Nc1ccc2c(OCC3CCCC3)nccc2c1. The predicted molar refractivity (Wildman–Crippen MR) is 107 cm³/mol. The maximum atomic E-state index is 6.06. The van der Waals surface area contributed by atoms with Gasteiger partial charge in [-0.2, -0.15) is 0 Å². The van der Waals surface area contributed by atoms with Gasteiger partial charge in [-0.1, -0.05) is 18.9 Å². The first-order chi connectivity index (χ1) is 13.4. The van der Waals surface area contributed by atoms with E-state index in [9.17, 15) is 0 Å². The Morgan fingerprint density at radius 2 is 1.96 bits per heavy atom. The van der Waals surface area contributed by atoms with E-state index in [2.05, 4.69) is 44.5 Å². The zero-order chi connectivity index (χ0) is 18.1. The second-order valence-corrected chi connectivity index (χ2v) is 7.31. The van der Waals surface area contributed by atoms with Crippen LogP contribution in [0.15, 0.2) is 53.8 Å². The number of rotatable bonds is 4. The van der Waals surface area contributed by atoms with E-state index in [1.807, 2.05) is 18.3 Å². The Hall–Kier alpha value is -2.95. The number of anilines is 1. The fourth-order valence-electron chi connectivity index (χ4n) is 3.97. The molecule has 0 bridgehead atoms. The molecule has 1 aliphatic heterocycles. The maximum Gasteiger partial charge on any atom is 0.221 e. The summed E-state index contributed by atoms with van der Waals surface area (Å²) in [6.07, 6.45) is 8.83. The van der Waals surface area contributed by atoms with Gasteiger partial charge in [-0.25, -0.2) is 4.98 Å². The molecule has 0 amide bonds. The van der Waals surface area contributed by atoms with E-state index in [1.165, 1.54) is 25.7 Å². The van der Waals surface area contributed by atoms with Gasteiger partial charge in [0.05, 0.1) is 13.2 Å². The number of benzene rings is 1. The number of aliphatic imine (C=N–C) groups is 1. The first-order valence-electron chi connectivity index (χ1n) is 9.64. The summed E-state index contributed by atoms with van der Waals surface area (Å²) in [5, 5.41) is 5.57. The molecule has 0 saturated heterocycles. The van der Waals surface area contributed by atoms with Gasteiger partial charge >= 0.3 is 0 Å². The van der Waals surface area contributed by atoms with Crippen LogP contribution < -0.4 is 10.1 Å². The number of amidine groups is 1. The van der Waals surface area contributed by atoms with Gasteiger partial charge in [0.15, 0.2) is 5.84 Å². The van der Waals surface area contributed by atoms with Crippen molar-refractivity contribution in [3.8, 4) is 5.88 Å². The smallest absolute Gasteiger partial charge is 0.221 e. The standard InChI is InChI=1S/C22H22N4O/c1-2-5-15(4-1)14-27-22-19-8-7-18(12-16(19)9-11-24-22)26-21-20-17(13-25-21)6-3-10-23-20/h3,6-12,15H,1-2,4-5,13-14H2,(H,25,26). The first-order valence-corrected chi connectivity index (χ1v) is 9.64. The monoisotopic (exact) mass is 358 g/mol. The van der Waals surface area contributed by atoms with Gasteiger partial charge in [0.25, 0.3) is 0 Å². The summed E-state index contributed by atoms with van der Waals surface area (Å²) < 4.78 is 6.06. The highest BCUT2D eigenvalue weighted by molar-refractivity contribution is 6.10. The maximum absolute atomic E-state index is 6.06. The summed E-state index contributed by atoms with van der Waals surface area (Å²) in [6.45, 7) is 1.45.